The maximum Gasteiger partial charge on any atom is 0.404 e. The number of hydrogen-bond acceptors (Lipinski definition) is 4. The molecule has 0 saturated carbocycles. The van der Waals surface area contributed by atoms with Crippen LogP contribution in [0.25, 0.3) is 0 Å². The number of hydrogen-bond donors (Lipinski definition) is 2. The van der Waals surface area contributed by atoms with Crippen LogP contribution in [0.1, 0.15) is 30.8 Å². The molecule has 84 valence electrons. The van der Waals surface area contributed by atoms with Crippen molar-refractivity contribution in [3.8, 4) is 0 Å². The van der Waals surface area contributed by atoms with Gasteiger partial charge < -0.3 is 10.4 Å². The summed E-state index contributed by atoms with van der Waals surface area (Å²) in [6, 6.07) is 0. The average molecular weight is 229 g/mol. The summed E-state index contributed by atoms with van der Waals surface area (Å²) in [5.41, 5.74) is 0.0101. The highest BCUT2D eigenvalue weighted by Crippen LogP contribution is 2.25. The molecule has 0 aromatic carbocycles. The number of amides is 1. The Bertz CT molecular complexity index is 343. The second-order valence-corrected chi connectivity index (χ2v) is 5.29. The Morgan fingerprint density at radius 3 is 2.60 bits per heavy atom. The second-order valence-electron chi connectivity index (χ2n) is 4.23. The molecule has 2 N–H and O–H groups in total. The molecule has 6 heteroatoms. The van der Waals surface area contributed by atoms with E-state index >= 15 is 0 Å². The summed E-state index contributed by atoms with van der Waals surface area (Å²) in [5, 5.41) is 20.6. The largest absolute Gasteiger partial charge is 0.465 e. The van der Waals surface area contributed by atoms with Gasteiger partial charge in [0, 0.05) is 18.4 Å². The fourth-order valence-corrected chi connectivity index (χ4v) is 1.83. The molecule has 0 unspecified atom stereocenters. The van der Waals surface area contributed by atoms with Gasteiger partial charge in [-0.2, -0.15) is 0 Å². The van der Waals surface area contributed by atoms with Gasteiger partial charge in [-0.05, 0) is 0 Å². The highest BCUT2D eigenvalue weighted by Gasteiger charge is 2.18. The minimum absolute atomic E-state index is 0.0101. The zero-order chi connectivity index (χ0) is 11.5. The molecule has 15 heavy (non-hydrogen) atoms. The van der Waals surface area contributed by atoms with E-state index in [-0.39, 0.29) is 5.41 Å². The molecule has 1 heterocycles. The Kier molecular flexibility index (Phi) is 3.62. The van der Waals surface area contributed by atoms with Gasteiger partial charge >= 0.3 is 6.09 Å². The van der Waals surface area contributed by atoms with Gasteiger partial charge in [0.2, 0.25) is 0 Å². The lowest BCUT2D eigenvalue weighted by Gasteiger charge is -2.12. The van der Waals surface area contributed by atoms with Crippen LogP contribution in [0.3, 0.4) is 0 Å². The topological polar surface area (TPSA) is 75.1 Å². The average Bonchev–Trinajstić information content (AvgIpc) is 2.51. The van der Waals surface area contributed by atoms with Crippen LogP contribution in [0.15, 0.2) is 0 Å². The first-order valence-corrected chi connectivity index (χ1v) is 5.51. The van der Waals surface area contributed by atoms with Crippen LogP contribution in [0.4, 0.5) is 4.79 Å². The number of nitrogens with zero attached hydrogens (tertiary/aromatic N) is 2. The van der Waals surface area contributed by atoms with Crippen molar-refractivity contribution in [3.63, 3.8) is 0 Å². The van der Waals surface area contributed by atoms with Crippen molar-refractivity contribution in [2.75, 3.05) is 6.54 Å². The number of carboxylic acid groups (broad SMARTS) is 1. The summed E-state index contributed by atoms with van der Waals surface area (Å²) < 4.78 is 0. The van der Waals surface area contributed by atoms with Crippen LogP contribution >= 0.6 is 11.3 Å². The van der Waals surface area contributed by atoms with Crippen LogP contribution < -0.4 is 5.32 Å². The number of aromatic nitrogens is 2. The first kappa shape index (κ1) is 11.9. The van der Waals surface area contributed by atoms with Gasteiger partial charge in [-0.3, -0.25) is 0 Å². The van der Waals surface area contributed by atoms with E-state index < -0.39 is 6.09 Å². The molecular formula is C9H15N3O2S. The molecule has 0 radical (unpaired) electrons. The molecule has 0 atom stereocenters. The molecule has 0 aliphatic carbocycles. The minimum Gasteiger partial charge on any atom is -0.465 e. The summed E-state index contributed by atoms with van der Waals surface area (Å²) in [4.78, 5) is 10.2. The fraction of sp³-hybridized carbons (Fsp3) is 0.667. The van der Waals surface area contributed by atoms with Crippen LogP contribution in [0.2, 0.25) is 0 Å². The van der Waals surface area contributed by atoms with Crippen molar-refractivity contribution in [2.24, 2.45) is 0 Å². The third kappa shape index (κ3) is 3.83. The maximum atomic E-state index is 10.2. The summed E-state index contributed by atoms with van der Waals surface area (Å²) in [6.07, 6.45) is -0.407. The van der Waals surface area contributed by atoms with Crippen LogP contribution in [-0.4, -0.2) is 27.9 Å². The third-order valence-electron chi connectivity index (χ3n) is 1.72. The molecule has 1 amide bonds. The highest BCUT2D eigenvalue weighted by molar-refractivity contribution is 7.11. The van der Waals surface area contributed by atoms with Crippen molar-refractivity contribution in [1.29, 1.82) is 0 Å². The molecule has 0 bridgehead atoms. The minimum atomic E-state index is -1.00. The standard InChI is InChI=1S/C9H15N3O2S/c1-9(2,3)7-12-11-6(15-7)4-5-10-8(13)14/h10H,4-5H2,1-3H3,(H,13,14). The van der Waals surface area contributed by atoms with Crippen molar-refractivity contribution >= 4 is 17.4 Å². The number of carbonyl (C=O) groups is 1. The van der Waals surface area contributed by atoms with E-state index in [1.165, 1.54) is 11.3 Å². The summed E-state index contributed by atoms with van der Waals surface area (Å²) in [5.74, 6) is 0. The Morgan fingerprint density at radius 1 is 1.47 bits per heavy atom. The normalized spacial score (nSPS) is 11.4. The van der Waals surface area contributed by atoms with Crippen LogP contribution in [0, 0.1) is 0 Å². The van der Waals surface area contributed by atoms with Crippen LogP contribution in [-0.2, 0) is 11.8 Å². The Labute approximate surface area is 92.5 Å². The number of rotatable bonds is 3. The SMILES string of the molecule is CC(C)(C)c1nnc(CCNC(=O)O)s1. The van der Waals surface area contributed by atoms with E-state index in [2.05, 4.69) is 36.3 Å². The van der Waals surface area contributed by atoms with Gasteiger partial charge in [-0.25, -0.2) is 4.79 Å². The summed E-state index contributed by atoms with van der Waals surface area (Å²) in [7, 11) is 0. The predicted molar refractivity (Wildman–Crippen MR) is 58.3 cm³/mol. The molecule has 0 fully saturated rings. The molecule has 1 aromatic rings. The van der Waals surface area contributed by atoms with Gasteiger partial charge in [0.25, 0.3) is 0 Å². The Hall–Kier alpha value is -1.17. The van der Waals surface area contributed by atoms with E-state index in [1.54, 1.807) is 0 Å². The lowest BCUT2D eigenvalue weighted by molar-refractivity contribution is 0.194. The van der Waals surface area contributed by atoms with Gasteiger partial charge in [0.05, 0.1) is 0 Å². The molecule has 1 rings (SSSR count). The highest BCUT2D eigenvalue weighted by atomic mass is 32.1. The first-order valence-electron chi connectivity index (χ1n) is 4.69. The Morgan fingerprint density at radius 2 is 2.13 bits per heavy atom. The number of nitrogens with one attached hydrogen (secondary N) is 1. The van der Waals surface area contributed by atoms with Gasteiger partial charge in [0.15, 0.2) is 0 Å². The van der Waals surface area contributed by atoms with E-state index in [1.807, 2.05) is 0 Å². The molecule has 0 saturated heterocycles. The maximum absolute atomic E-state index is 10.2. The first-order chi connectivity index (χ1) is 6.89. The quantitative estimate of drug-likeness (QED) is 0.826. The predicted octanol–water partition coefficient (Wildman–Crippen LogP) is 1.65. The molecule has 0 spiro atoms. The fourth-order valence-electron chi connectivity index (χ4n) is 0.934. The molecule has 5 nitrogen and oxygen atoms in total. The van der Waals surface area contributed by atoms with Gasteiger partial charge in [0.1, 0.15) is 10.0 Å². The van der Waals surface area contributed by atoms with E-state index in [4.69, 9.17) is 5.11 Å². The lowest BCUT2D eigenvalue weighted by atomic mass is 9.98. The summed E-state index contributed by atoms with van der Waals surface area (Å²) in [6.45, 7) is 6.61. The monoisotopic (exact) mass is 229 g/mol. The molecule has 0 aliphatic rings. The van der Waals surface area contributed by atoms with Crippen molar-refractivity contribution < 1.29 is 9.90 Å². The van der Waals surface area contributed by atoms with Crippen LogP contribution in [0.5, 0.6) is 0 Å². The molecular weight excluding hydrogens is 214 g/mol. The van der Waals surface area contributed by atoms with E-state index in [0.717, 1.165) is 10.0 Å². The second kappa shape index (κ2) is 4.57. The van der Waals surface area contributed by atoms with Crippen molar-refractivity contribution in [1.82, 2.24) is 15.5 Å². The zero-order valence-corrected chi connectivity index (χ0v) is 9.89. The van der Waals surface area contributed by atoms with Gasteiger partial charge in [-0.1, -0.05) is 20.8 Å². The van der Waals surface area contributed by atoms with Crippen molar-refractivity contribution in [2.45, 2.75) is 32.6 Å². The van der Waals surface area contributed by atoms with E-state index in [9.17, 15) is 4.79 Å². The smallest absolute Gasteiger partial charge is 0.404 e. The zero-order valence-electron chi connectivity index (χ0n) is 9.07. The molecule has 0 aliphatic heterocycles. The third-order valence-corrected chi connectivity index (χ3v) is 3.13. The summed E-state index contributed by atoms with van der Waals surface area (Å²) >= 11 is 1.54. The molecule has 1 aromatic heterocycles. The lowest BCUT2D eigenvalue weighted by Crippen LogP contribution is -2.23. The van der Waals surface area contributed by atoms with Gasteiger partial charge in [-0.15, -0.1) is 21.5 Å². The van der Waals surface area contributed by atoms with E-state index in [0.29, 0.717) is 13.0 Å². The van der Waals surface area contributed by atoms with Crippen molar-refractivity contribution in [3.05, 3.63) is 10.0 Å². The Balaban J connectivity index is 2.50.